The van der Waals surface area contributed by atoms with E-state index in [9.17, 15) is 5.11 Å². The lowest BCUT2D eigenvalue weighted by molar-refractivity contribution is 0.124. The minimum absolute atomic E-state index is 0.136. The molecule has 4 aromatic carbocycles. The van der Waals surface area contributed by atoms with Crippen LogP contribution in [0.15, 0.2) is 115 Å². The van der Waals surface area contributed by atoms with E-state index in [1.54, 1.807) is 0 Å². The van der Waals surface area contributed by atoms with Crippen LogP contribution in [0.25, 0.3) is 6.08 Å². The van der Waals surface area contributed by atoms with Crippen LogP contribution in [-0.2, 0) is 5.60 Å². The van der Waals surface area contributed by atoms with Gasteiger partial charge in [0, 0.05) is 5.92 Å². The fraction of sp³-hybridized carbons (Fsp3) is 0.103. The van der Waals surface area contributed by atoms with E-state index in [2.05, 4.69) is 55.5 Å². The van der Waals surface area contributed by atoms with Crippen LogP contribution in [0.4, 0.5) is 0 Å². The maximum atomic E-state index is 12.4. The van der Waals surface area contributed by atoms with Gasteiger partial charge in [0.2, 0.25) is 0 Å². The van der Waals surface area contributed by atoms with Crippen molar-refractivity contribution >= 4 is 6.08 Å². The molecule has 1 unspecified atom stereocenters. The average Bonchev–Trinajstić information content (AvgIpc) is 3.15. The Kier molecular flexibility index (Phi) is 4.61. The van der Waals surface area contributed by atoms with E-state index in [4.69, 9.17) is 0 Å². The summed E-state index contributed by atoms with van der Waals surface area (Å²) < 4.78 is 0. The molecule has 0 heterocycles. The van der Waals surface area contributed by atoms with Gasteiger partial charge in [0.1, 0.15) is 5.60 Å². The zero-order valence-corrected chi connectivity index (χ0v) is 17.0. The number of aliphatic hydroxyl groups is 1. The summed E-state index contributed by atoms with van der Waals surface area (Å²) >= 11 is 0. The molecule has 0 saturated carbocycles. The molecule has 0 bridgehead atoms. The molecule has 30 heavy (non-hydrogen) atoms. The summed E-state index contributed by atoms with van der Waals surface area (Å²) in [6.07, 6.45) is 2.26. The van der Waals surface area contributed by atoms with E-state index in [0.29, 0.717) is 0 Å². The molecule has 0 spiro atoms. The van der Waals surface area contributed by atoms with Crippen LogP contribution in [0.5, 0.6) is 0 Å². The number of benzene rings is 4. The summed E-state index contributed by atoms with van der Waals surface area (Å²) in [7, 11) is 0. The fourth-order valence-corrected chi connectivity index (χ4v) is 4.81. The van der Waals surface area contributed by atoms with Crippen molar-refractivity contribution in [2.75, 3.05) is 0 Å². The molecule has 0 fully saturated rings. The van der Waals surface area contributed by atoms with Gasteiger partial charge in [-0.25, -0.2) is 0 Å². The van der Waals surface area contributed by atoms with Crippen LogP contribution in [0.1, 0.15) is 46.2 Å². The van der Waals surface area contributed by atoms with Gasteiger partial charge in [-0.1, -0.05) is 121 Å². The lowest BCUT2D eigenvalue weighted by atomic mass is 9.74. The molecule has 0 saturated heterocycles. The smallest absolute Gasteiger partial charge is 0.140 e. The molecule has 5 rings (SSSR count). The van der Waals surface area contributed by atoms with Crippen molar-refractivity contribution < 1.29 is 5.11 Å². The second kappa shape index (κ2) is 7.44. The molecule has 0 aromatic heterocycles. The van der Waals surface area contributed by atoms with Crippen LogP contribution in [-0.4, -0.2) is 5.11 Å². The highest BCUT2D eigenvalue weighted by Gasteiger charge is 2.38. The summed E-state index contributed by atoms with van der Waals surface area (Å²) in [5.41, 5.74) is 6.43. The third kappa shape index (κ3) is 2.91. The minimum Gasteiger partial charge on any atom is -0.376 e. The number of fused-ring (bicyclic) bond motifs is 1. The first-order valence-corrected chi connectivity index (χ1v) is 10.4. The Balaban J connectivity index is 1.77. The Bertz CT molecular complexity index is 1170. The monoisotopic (exact) mass is 388 g/mol. The summed E-state index contributed by atoms with van der Waals surface area (Å²) in [6.45, 7) is 2.19. The van der Waals surface area contributed by atoms with Crippen molar-refractivity contribution in [1.82, 2.24) is 0 Å². The van der Waals surface area contributed by atoms with Crippen LogP contribution < -0.4 is 0 Å². The van der Waals surface area contributed by atoms with E-state index in [0.717, 1.165) is 22.3 Å². The van der Waals surface area contributed by atoms with Crippen molar-refractivity contribution in [3.05, 3.63) is 148 Å². The first-order chi connectivity index (χ1) is 14.7. The maximum absolute atomic E-state index is 12.4. The standard InChI is InChI=1S/C29H24O/c1-21-20-22-12-8-9-17-25(22)28(21)26-18-10-11-19-27(26)29(30,23-13-4-2-5-14-23)24-15-6-3-7-16-24/h2-20,28,30H,1H3. The van der Waals surface area contributed by atoms with Crippen molar-refractivity contribution in [2.24, 2.45) is 0 Å². The highest BCUT2D eigenvalue weighted by atomic mass is 16.3. The fourth-order valence-electron chi connectivity index (χ4n) is 4.81. The molecule has 1 heteroatoms. The quantitative estimate of drug-likeness (QED) is 0.395. The number of hydrogen-bond donors (Lipinski definition) is 1. The van der Waals surface area contributed by atoms with Gasteiger partial charge in [0.15, 0.2) is 0 Å². The summed E-state index contributed by atoms with van der Waals surface area (Å²) in [5, 5.41) is 12.4. The first kappa shape index (κ1) is 18.6. The van der Waals surface area contributed by atoms with Crippen LogP contribution in [0, 0.1) is 0 Å². The van der Waals surface area contributed by atoms with Crippen molar-refractivity contribution in [2.45, 2.75) is 18.4 Å². The molecule has 146 valence electrons. The molecule has 1 aliphatic rings. The molecular weight excluding hydrogens is 364 g/mol. The van der Waals surface area contributed by atoms with Gasteiger partial charge in [-0.3, -0.25) is 0 Å². The zero-order valence-electron chi connectivity index (χ0n) is 17.0. The molecule has 0 amide bonds. The SMILES string of the molecule is CC1=Cc2ccccc2C1c1ccccc1C(O)(c1ccccc1)c1ccccc1. The average molecular weight is 389 g/mol. The Hall–Kier alpha value is -3.42. The lowest BCUT2D eigenvalue weighted by Crippen LogP contribution is -2.30. The normalized spacial score (nSPS) is 15.5. The van der Waals surface area contributed by atoms with Crippen molar-refractivity contribution in [3.63, 3.8) is 0 Å². The number of allylic oxidation sites excluding steroid dienone is 1. The van der Waals surface area contributed by atoms with Gasteiger partial charge in [-0.15, -0.1) is 0 Å². The summed E-state index contributed by atoms with van der Waals surface area (Å²) in [6, 6.07) is 36.8. The Morgan fingerprint density at radius 1 is 0.600 bits per heavy atom. The van der Waals surface area contributed by atoms with Crippen LogP contribution in [0.2, 0.25) is 0 Å². The van der Waals surface area contributed by atoms with Gasteiger partial charge in [-0.2, -0.15) is 0 Å². The van der Waals surface area contributed by atoms with Gasteiger partial charge in [0.05, 0.1) is 0 Å². The van der Waals surface area contributed by atoms with Crippen molar-refractivity contribution in [3.8, 4) is 0 Å². The van der Waals surface area contributed by atoms with E-state index in [-0.39, 0.29) is 5.92 Å². The van der Waals surface area contributed by atoms with Crippen LogP contribution in [0.3, 0.4) is 0 Å². The van der Waals surface area contributed by atoms with E-state index >= 15 is 0 Å². The predicted octanol–water partition coefficient (Wildman–Crippen LogP) is 6.52. The van der Waals surface area contributed by atoms with Gasteiger partial charge in [0.25, 0.3) is 0 Å². The van der Waals surface area contributed by atoms with Gasteiger partial charge >= 0.3 is 0 Å². The zero-order chi connectivity index (χ0) is 20.6. The highest BCUT2D eigenvalue weighted by molar-refractivity contribution is 5.70. The highest BCUT2D eigenvalue weighted by Crippen LogP contribution is 2.46. The van der Waals surface area contributed by atoms with E-state index < -0.39 is 5.60 Å². The Morgan fingerprint density at radius 2 is 1.10 bits per heavy atom. The second-order valence-corrected chi connectivity index (χ2v) is 7.98. The Labute approximate surface area is 178 Å². The summed E-state index contributed by atoms with van der Waals surface area (Å²) in [4.78, 5) is 0. The maximum Gasteiger partial charge on any atom is 0.140 e. The molecule has 1 aliphatic carbocycles. The van der Waals surface area contributed by atoms with E-state index in [1.165, 1.54) is 16.7 Å². The van der Waals surface area contributed by atoms with E-state index in [1.807, 2.05) is 66.7 Å². The number of rotatable bonds is 4. The van der Waals surface area contributed by atoms with Crippen molar-refractivity contribution in [1.29, 1.82) is 0 Å². The molecule has 1 N–H and O–H groups in total. The molecule has 4 aromatic rings. The van der Waals surface area contributed by atoms with Gasteiger partial charge in [-0.05, 0) is 40.3 Å². The third-order valence-electron chi connectivity index (χ3n) is 6.19. The summed E-state index contributed by atoms with van der Waals surface area (Å²) in [5.74, 6) is 0.136. The lowest BCUT2D eigenvalue weighted by Gasteiger charge is -2.33. The van der Waals surface area contributed by atoms with Gasteiger partial charge < -0.3 is 5.11 Å². The first-order valence-electron chi connectivity index (χ1n) is 10.4. The molecule has 0 radical (unpaired) electrons. The molecule has 0 aliphatic heterocycles. The number of hydrogen-bond acceptors (Lipinski definition) is 1. The predicted molar refractivity (Wildman–Crippen MR) is 123 cm³/mol. The van der Waals surface area contributed by atoms with Crippen LogP contribution >= 0.6 is 0 Å². The third-order valence-corrected chi connectivity index (χ3v) is 6.19. The Morgan fingerprint density at radius 3 is 1.73 bits per heavy atom. The largest absolute Gasteiger partial charge is 0.376 e. The molecule has 1 nitrogen and oxygen atoms in total. The topological polar surface area (TPSA) is 20.2 Å². The second-order valence-electron chi connectivity index (χ2n) is 7.98. The molecular formula is C29H24O. The molecule has 1 atom stereocenters. The minimum atomic E-state index is -1.24.